The molecule has 0 spiro atoms. The Bertz CT molecular complexity index is 1440. The van der Waals surface area contributed by atoms with Crippen molar-refractivity contribution < 1.29 is 14.4 Å². The number of hydrogen-bond donors (Lipinski definition) is 3. The van der Waals surface area contributed by atoms with E-state index >= 15 is 0 Å². The van der Waals surface area contributed by atoms with Crippen molar-refractivity contribution in [2.45, 2.75) is 75.9 Å². The molecule has 0 bridgehead atoms. The Morgan fingerprint density at radius 2 is 1.70 bits per heavy atom. The van der Waals surface area contributed by atoms with Crippen LogP contribution in [-0.4, -0.2) is 58.8 Å². The summed E-state index contributed by atoms with van der Waals surface area (Å²) >= 11 is 6.07. The topological polar surface area (TPSA) is 103 Å². The summed E-state index contributed by atoms with van der Waals surface area (Å²) in [4.78, 5) is 44.6. The van der Waals surface area contributed by atoms with Gasteiger partial charge in [0.2, 0.25) is 5.91 Å². The number of aromatic nitrogens is 1. The molecular formula is C34H40ClN5O3. The highest BCUT2D eigenvalue weighted by Gasteiger charge is 2.50. The van der Waals surface area contributed by atoms with Gasteiger partial charge >= 0.3 is 11.8 Å². The number of carbonyl (C=O) groups excluding carboxylic acids is 3. The number of carbonyl (C=O) groups is 3. The van der Waals surface area contributed by atoms with Crippen LogP contribution in [0.15, 0.2) is 66.9 Å². The van der Waals surface area contributed by atoms with Crippen LogP contribution in [0.25, 0.3) is 17.0 Å². The number of hydrogen-bond acceptors (Lipinski definition) is 5. The number of nitrogens with zero attached hydrogens (tertiary/aromatic N) is 2. The lowest BCUT2D eigenvalue weighted by molar-refractivity contribution is -0.156. The van der Waals surface area contributed by atoms with E-state index in [0.717, 1.165) is 80.1 Å². The molecular weight excluding hydrogens is 562 g/mol. The Labute approximate surface area is 258 Å². The summed E-state index contributed by atoms with van der Waals surface area (Å²) in [7, 11) is 0. The van der Waals surface area contributed by atoms with Crippen LogP contribution in [0.2, 0.25) is 5.02 Å². The largest absolute Gasteiger partial charge is 0.384 e. The van der Waals surface area contributed by atoms with Gasteiger partial charge in [0.15, 0.2) is 0 Å². The van der Waals surface area contributed by atoms with Crippen molar-refractivity contribution in [2.75, 3.05) is 18.4 Å². The highest BCUT2D eigenvalue weighted by Crippen LogP contribution is 2.32. The molecule has 5 rings (SSSR count). The summed E-state index contributed by atoms with van der Waals surface area (Å²) < 4.78 is 0. The van der Waals surface area contributed by atoms with Crippen LogP contribution >= 0.6 is 11.6 Å². The molecule has 1 aliphatic heterocycles. The Morgan fingerprint density at radius 3 is 2.49 bits per heavy atom. The van der Waals surface area contributed by atoms with E-state index in [1.807, 2.05) is 71.6 Å². The second-order valence-corrected chi connectivity index (χ2v) is 11.8. The number of pyridine rings is 1. The van der Waals surface area contributed by atoms with Crippen molar-refractivity contribution >= 4 is 52.0 Å². The second kappa shape index (κ2) is 15.0. The van der Waals surface area contributed by atoms with Gasteiger partial charge in [0.1, 0.15) is 6.04 Å². The van der Waals surface area contributed by atoms with Crippen LogP contribution in [0.1, 0.15) is 63.4 Å². The average molecular weight is 602 g/mol. The van der Waals surface area contributed by atoms with Gasteiger partial charge in [-0.1, -0.05) is 86.2 Å². The van der Waals surface area contributed by atoms with Gasteiger partial charge in [0, 0.05) is 41.4 Å². The lowest BCUT2D eigenvalue weighted by Crippen LogP contribution is -2.73. The smallest absolute Gasteiger partial charge is 0.310 e. The Morgan fingerprint density at radius 1 is 0.930 bits per heavy atom. The molecule has 8 nitrogen and oxygen atoms in total. The van der Waals surface area contributed by atoms with E-state index in [0.29, 0.717) is 11.6 Å². The van der Waals surface area contributed by atoms with Gasteiger partial charge < -0.3 is 20.9 Å². The number of likely N-dealkylation sites (tertiary alicyclic amines) is 1. The third-order valence-corrected chi connectivity index (χ3v) is 8.57. The van der Waals surface area contributed by atoms with Crippen LogP contribution < -0.4 is 16.0 Å². The highest BCUT2D eigenvalue weighted by atomic mass is 35.5. The number of fused-ring (bicyclic) bond motifs is 1. The summed E-state index contributed by atoms with van der Waals surface area (Å²) in [5.41, 5.74) is 2.92. The number of benzene rings is 2. The molecule has 3 amide bonds. The molecule has 9 heteroatoms. The second-order valence-electron chi connectivity index (χ2n) is 11.4. The number of nitrogens with one attached hydrogen (secondary N) is 3. The van der Waals surface area contributed by atoms with Crippen molar-refractivity contribution in [1.82, 2.24) is 20.5 Å². The lowest BCUT2D eigenvalue weighted by Gasteiger charge is -2.51. The number of β-lactam (4-membered cyclic amide) rings is 1. The SMILES string of the molecule is O=C(NCCCCCCNc1ccnc2cc(Cl)ccc12)C(=O)N[C@@H]1C(=O)N(C2CCCCC2)[C@@H]1/C=C/c1ccccc1. The van der Waals surface area contributed by atoms with Gasteiger partial charge in [0.25, 0.3) is 0 Å². The first-order valence-electron chi connectivity index (χ1n) is 15.4. The summed E-state index contributed by atoms with van der Waals surface area (Å²) in [5, 5.41) is 10.6. The monoisotopic (exact) mass is 601 g/mol. The quantitative estimate of drug-likeness (QED) is 0.140. The number of rotatable bonds is 12. The first kappa shape index (κ1) is 30.5. The van der Waals surface area contributed by atoms with Crippen LogP contribution in [0.4, 0.5) is 5.69 Å². The third-order valence-electron chi connectivity index (χ3n) is 8.34. The van der Waals surface area contributed by atoms with E-state index in [1.54, 1.807) is 6.20 Å². The van der Waals surface area contributed by atoms with Crippen LogP contribution in [0.3, 0.4) is 0 Å². The molecule has 2 heterocycles. The minimum atomic E-state index is -0.755. The maximum atomic E-state index is 13.1. The normalized spacial score (nSPS) is 18.9. The minimum absolute atomic E-state index is 0.104. The van der Waals surface area contributed by atoms with Gasteiger partial charge in [0.05, 0.1) is 11.6 Å². The molecule has 2 fully saturated rings. The number of anilines is 1. The molecule has 1 saturated heterocycles. The standard InChI is InChI=1S/C34H40ClN5O3/c35-25-16-17-27-28(19-22-37-29(27)23-25)36-20-9-1-2-10-21-38-32(41)33(42)39-31-30(18-15-24-11-5-3-6-12-24)40(34(31)43)26-13-7-4-8-14-26/h3,5-6,11-12,15-19,22-23,26,30-31H,1-2,4,7-10,13-14,20-21H2,(H,36,37)(H,38,41)(H,39,42)/b18-15+/t30-,31+/m1/s1. The van der Waals surface area contributed by atoms with E-state index in [-0.39, 0.29) is 18.0 Å². The van der Waals surface area contributed by atoms with Gasteiger partial charge in [-0.05, 0) is 55.5 Å². The zero-order chi connectivity index (χ0) is 30.0. The number of halogens is 1. The summed E-state index contributed by atoms with van der Waals surface area (Å²) in [5.74, 6) is -1.55. The fourth-order valence-electron chi connectivity index (χ4n) is 6.03. The molecule has 1 aromatic heterocycles. The fourth-order valence-corrected chi connectivity index (χ4v) is 6.20. The van der Waals surface area contributed by atoms with Crippen molar-refractivity contribution in [3.63, 3.8) is 0 Å². The van der Waals surface area contributed by atoms with Gasteiger partial charge in [-0.3, -0.25) is 19.4 Å². The molecule has 2 aliphatic rings. The molecule has 3 aromatic rings. The molecule has 0 unspecified atom stereocenters. The summed E-state index contributed by atoms with van der Waals surface area (Å²) in [6.07, 6.45) is 14.8. The molecule has 0 radical (unpaired) electrons. The maximum Gasteiger partial charge on any atom is 0.310 e. The predicted octanol–water partition coefficient (Wildman–Crippen LogP) is 5.72. The zero-order valence-electron chi connectivity index (χ0n) is 24.4. The predicted molar refractivity (Wildman–Crippen MR) is 172 cm³/mol. The molecule has 2 atom stereocenters. The van der Waals surface area contributed by atoms with Crippen LogP contribution in [0.5, 0.6) is 0 Å². The zero-order valence-corrected chi connectivity index (χ0v) is 25.2. The van der Waals surface area contributed by atoms with E-state index in [9.17, 15) is 14.4 Å². The molecule has 43 heavy (non-hydrogen) atoms. The highest BCUT2D eigenvalue weighted by molar-refractivity contribution is 6.35. The summed E-state index contributed by atoms with van der Waals surface area (Å²) in [6, 6.07) is 16.7. The first-order chi connectivity index (χ1) is 21.0. The van der Waals surface area contributed by atoms with Crippen molar-refractivity contribution in [3.8, 4) is 0 Å². The number of unbranched alkanes of at least 4 members (excludes halogenated alkanes) is 3. The summed E-state index contributed by atoms with van der Waals surface area (Å²) in [6.45, 7) is 1.24. The average Bonchev–Trinajstić information content (AvgIpc) is 3.03. The Balaban J connectivity index is 1.03. The van der Waals surface area contributed by atoms with Crippen LogP contribution in [0, 0.1) is 0 Å². The third kappa shape index (κ3) is 7.93. The number of amides is 3. The Kier molecular flexibility index (Phi) is 10.7. The lowest BCUT2D eigenvalue weighted by atomic mass is 9.85. The first-order valence-corrected chi connectivity index (χ1v) is 15.8. The Hall–Kier alpha value is -3.91. The molecule has 1 saturated carbocycles. The van der Waals surface area contributed by atoms with Crippen molar-refractivity contribution in [2.24, 2.45) is 0 Å². The fraction of sp³-hybridized carbons (Fsp3) is 0.412. The van der Waals surface area contributed by atoms with Crippen molar-refractivity contribution in [1.29, 1.82) is 0 Å². The molecule has 1 aliphatic carbocycles. The van der Waals surface area contributed by atoms with Crippen LogP contribution in [-0.2, 0) is 14.4 Å². The van der Waals surface area contributed by atoms with E-state index in [4.69, 9.17) is 11.6 Å². The van der Waals surface area contributed by atoms with Crippen molar-refractivity contribution in [3.05, 3.63) is 77.5 Å². The van der Waals surface area contributed by atoms with Gasteiger partial charge in [-0.2, -0.15) is 0 Å². The van der Waals surface area contributed by atoms with E-state index < -0.39 is 17.9 Å². The van der Waals surface area contributed by atoms with E-state index in [2.05, 4.69) is 20.9 Å². The molecule has 226 valence electrons. The molecule has 2 aromatic carbocycles. The maximum absolute atomic E-state index is 13.1. The van der Waals surface area contributed by atoms with Gasteiger partial charge in [-0.25, -0.2) is 0 Å². The van der Waals surface area contributed by atoms with E-state index in [1.165, 1.54) is 6.42 Å². The molecule has 3 N–H and O–H groups in total. The van der Waals surface area contributed by atoms with Gasteiger partial charge in [-0.15, -0.1) is 0 Å². The minimum Gasteiger partial charge on any atom is -0.384 e.